The molecule has 0 saturated heterocycles. The Labute approximate surface area is 188 Å². The molecule has 0 radical (unpaired) electrons. The van der Waals surface area contributed by atoms with Crippen LogP contribution in [0, 0.1) is 40.4 Å². The summed E-state index contributed by atoms with van der Waals surface area (Å²) < 4.78 is 0. The molecule has 170 valence electrons. The third kappa shape index (κ3) is 3.52. The molecule has 2 saturated carbocycles. The van der Waals surface area contributed by atoms with Crippen molar-refractivity contribution in [1.29, 1.82) is 0 Å². The predicted octanol–water partition coefficient (Wildman–Crippen LogP) is 5.83. The zero-order valence-corrected chi connectivity index (χ0v) is 20.2. The fraction of sp³-hybridized carbons (Fsp3) is 0.714. The van der Waals surface area contributed by atoms with Crippen molar-refractivity contribution in [2.75, 3.05) is 0 Å². The second-order valence-corrected chi connectivity index (χ2v) is 11.7. The van der Waals surface area contributed by atoms with Crippen LogP contribution >= 0.6 is 0 Å². The van der Waals surface area contributed by atoms with E-state index < -0.39 is 0 Å². The fourth-order valence-electron chi connectivity index (χ4n) is 7.03. The summed E-state index contributed by atoms with van der Waals surface area (Å²) in [6.45, 7) is 13.5. The highest BCUT2D eigenvalue weighted by Gasteiger charge is 2.59. The predicted molar refractivity (Wildman–Crippen MR) is 124 cm³/mol. The summed E-state index contributed by atoms with van der Waals surface area (Å²) in [5, 5.41) is 10.2. The van der Waals surface area contributed by atoms with E-state index in [1.54, 1.807) is 6.08 Å². The number of aliphatic hydroxyl groups is 1. The molecule has 0 aromatic rings. The van der Waals surface area contributed by atoms with Gasteiger partial charge in [-0.05, 0) is 67.3 Å². The minimum absolute atomic E-state index is 0.0399. The summed E-state index contributed by atoms with van der Waals surface area (Å²) in [7, 11) is 0. The van der Waals surface area contributed by atoms with Crippen LogP contribution in [0.15, 0.2) is 34.9 Å². The van der Waals surface area contributed by atoms with Crippen LogP contribution in [-0.4, -0.2) is 22.8 Å². The first-order valence-corrected chi connectivity index (χ1v) is 12.4. The highest BCUT2D eigenvalue weighted by atomic mass is 16.3. The summed E-state index contributed by atoms with van der Waals surface area (Å²) in [6, 6.07) is 0. The summed E-state index contributed by atoms with van der Waals surface area (Å²) in [5.74, 6) is 1.79. The Bertz CT molecular complexity index is 875. The molecule has 0 aliphatic heterocycles. The number of Topliss-reactive ketones (excluding diaryl/α,β-unsaturated/α-hetero) is 1. The minimum atomic E-state index is -0.346. The van der Waals surface area contributed by atoms with Crippen molar-refractivity contribution in [2.45, 2.75) is 86.2 Å². The second kappa shape index (κ2) is 7.83. The van der Waals surface area contributed by atoms with Gasteiger partial charge in [0.05, 0.1) is 12.0 Å². The standard InChI is InChI=1S/C28H40O3/c1-16(2)17(3)7-8-18(4)22-15-24(31)26-25-21(10-12-28(22,26)6)27(5)11-9-20(29)13-19(27)14-23(25)30/h7-8,14,16-18,20,22,26,29H,9-13,15H2,1-6H3/b8-7+/t17-,18+,20-,22+,26-,27-,28+/m0/s1. The van der Waals surface area contributed by atoms with E-state index in [4.69, 9.17) is 0 Å². The number of carbonyl (C=O) groups excluding carboxylic acids is 2. The molecule has 0 spiro atoms. The first-order valence-electron chi connectivity index (χ1n) is 12.4. The van der Waals surface area contributed by atoms with Crippen LogP contribution in [0.1, 0.15) is 80.1 Å². The average molecular weight is 425 g/mol. The zero-order valence-electron chi connectivity index (χ0n) is 20.2. The number of rotatable bonds is 4. The number of carbonyl (C=O) groups is 2. The Morgan fingerprint density at radius 1 is 1.06 bits per heavy atom. The highest BCUT2D eigenvalue weighted by Crippen LogP contribution is 2.63. The van der Waals surface area contributed by atoms with E-state index >= 15 is 0 Å². The minimum Gasteiger partial charge on any atom is -0.393 e. The topological polar surface area (TPSA) is 54.4 Å². The van der Waals surface area contributed by atoms with E-state index in [1.165, 1.54) is 5.57 Å². The van der Waals surface area contributed by atoms with Crippen molar-refractivity contribution < 1.29 is 14.7 Å². The van der Waals surface area contributed by atoms with Crippen molar-refractivity contribution in [2.24, 2.45) is 40.4 Å². The van der Waals surface area contributed by atoms with Crippen LogP contribution in [0.3, 0.4) is 0 Å². The van der Waals surface area contributed by atoms with Crippen LogP contribution in [0.2, 0.25) is 0 Å². The smallest absolute Gasteiger partial charge is 0.182 e. The van der Waals surface area contributed by atoms with Gasteiger partial charge in [-0.2, -0.15) is 0 Å². The average Bonchev–Trinajstić information content (AvgIpc) is 2.98. The molecule has 4 rings (SSSR count). The molecule has 4 aliphatic carbocycles. The quantitative estimate of drug-likeness (QED) is 0.577. The normalized spacial score (nSPS) is 40.0. The molecule has 3 heteroatoms. The maximum atomic E-state index is 13.4. The fourth-order valence-corrected chi connectivity index (χ4v) is 7.03. The van der Waals surface area contributed by atoms with Gasteiger partial charge in [-0.15, -0.1) is 0 Å². The maximum Gasteiger partial charge on any atom is 0.182 e. The van der Waals surface area contributed by atoms with E-state index in [1.807, 2.05) is 0 Å². The summed E-state index contributed by atoms with van der Waals surface area (Å²) in [6.07, 6.45) is 10.8. The molecule has 1 N–H and O–H groups in total. The van der Waals surface area contributed by atoms with Crippen molar-refractivity contribution in [1.82, 2.24) is 0 Å². The second-order valence-electron chi connectivity index (χ2n) is 11.7. The van der Waals surface area contributed by atoms with Crippen molar-refractivity contribution in [3.8, 4) is 0 Å². The largest absolute Gasteiger partial charge is 0.393 e. The summed E-state index contributed by atoms with van der Waals surface area (Å²) >= 11 is 0. The number of allylic oxidation sites excluding steroid dienone is 5. The molecule has 2 fully saturated rings. The molecule has 31 heavy (non-hydrogen) atoms. The molecule has 0 bridgehead atoms. The molecule has 0 heterocycles. The monoisotopic (exact) mass is 424 g/mol. The van der Waals surface area contributed by atoms with Crippen molar-refractivity contribution in [3.05, 3.63) is 34.9 Å². The van der Waals surface area contributed by atoms with Crippen LogP contribution in [-0.2, 0) is 9.59 Å². The first-order chi connectivity index (χ1) is 14.5. The van der Waals surface area contributed by atoms with Crippen LogP contribution < -0.4 is 0 Å². The van der Waals surface area contributed by atoms with Gasteiger partial charge in [-0.25, -0.2) is 0 Å². The maximum absolute atomic E-state index is 13.4. The Kier molecular flexibility index (Phi) is 5.74. The van der Waals surface area contributed by atoms with E-state index in [-0.39, 0.29) is 40.3 Å². The Morgan fingerprint density at radius 2 is 1.77 bits per heavy atom. The van der Waals surface area contributed by atoms with Gasteiger partial charge < -0.3 is 5.11 Å². The van der Waals surface area contributed by atoms with Crippen LogP contribution in [0.25, 0.3) is 0 Å². The van der Waals surface area contributed by atoms with Gasteiger partial charge in [-0.3, -0.25) is 9.59 Å². The number of fused-ring (bicyclic) bond motifs is 4. The first kappa shape index (κ1) is 22.7. The molecule has 0 amide bonds. The molecule has 0 unspecified atom stereocenters. The highest BCUT2D eigenvalue weighted by molar-refractivity contribution is 6.11. The van der Waals surface area contributed by atoms with Gasteiger partial charge in [-0.1, -0.05) is 64.8 Å². The third-order valence-electron chi connectivity index (χ3n) is 9.56. The van der Waals surface area contributed by atoms with Gasteiger partial charge in [0.1, 0.15) is 5.78 Å². The lowest BCUT2D eigenvalue weighted by atomic mass is 9.53. The van der Waals surface area contributed by atoms with Crippen LogP contribution in [0.4, 0.5) is 0 Å². The lowest BCUT2D eigenvalue weighted by Crippen LogP contribution is -2.45. The van der Waals surface area contributed by atoms with Gasteiger partial charge in [0, 0.05) is 17.4 Å². The zero-order chi connectivity index (χ0) is 22.7. The molecule has 3 nitrogen and oxygen atoms in total. The van der Waals surface area contributed by atoms with Crippen LogP contribution in [0.5, 0.6) is 0 Å². The number of aliphatic hydroxyl groups excluding tert-OH is 1. The van der Waals surface area contributed by atoms with E-state index in [9.17, 15) is 14.7 Å². The Balaban J connectivity index is 1.68. The van der Waals surface area contributed by atoms with E-state index in [2.05, 4.69) is 53.7 Å². The Morgan fingerprint density at radius 3 is 2.45 bits per heavy atom. The Hall–Kier alpha value is -1.48. The number of hydrogen-bond acceptors (Lipinski definition) is 3. The number of ketones is 2. The SMILES string of the molecule is CC(C)[C@@H](C)/C=C/[C@@H](C)[C@H]1CC(=O)[C@H]2C3=C(CC[C@@]21C)[C@@]1(C)CC[C@H](O)CC1=CC3=O. The molecule has 0 aromatic heterocycles. The van der Waals surface area contributed by atoms with Crippen molar-refractivity contribution >= 4 is 11.6 Å². The summed E-state index contributed by atoms with van der Waals surface area (Å²) in [5.41, 5.74) is 2.83. The third-order valence-corrected chi connectivity index (χ3v) is 9.56. The molecular weight excluding hydrogens is 384 g/mol. The van der Waals surface area contributed by atoms with Gasteiger partial charge in [0.15, 0.2) is 5.78 Å². The lowest BCUT2D eigenvalue weighted by Gasteiger charge is -2.50. The molecular formula is C28H40O3. The molecule has 7 atom stereocenters. The van der Waals surface area contributed by atoms with Crippen molar-refractivity contribution in [3.63, 3.8) is 0 Å². The van der Waals surface area contributed by atoms with Gasteiger partial charge in [0.25, 0.3) is 0 Å². The molecule has 0 aromatic carbocycles. The molecule has 4 aliphatic rings. The summed E-state index contributed by atoms with van der Waals surface area (Å²) in [4.78, 5) is 26.8. The van der Waals surface area contributed by atoms with Gasteiger partial charge in [0.2, 0.25) is 0 Å². The number of hydrogen-bond donors (Lipinski definition) is 1. The van der Waals surface area contributed by atoms with Gasteiger partial charge >= 0.3 is 0 Å². The van der Waals surface area contributed by atoms with E-state index in [0.29, 0.717) is 30.6 Å². The lowest BCUT2D eigenvalue weighted by molar-refractivity contribution is -0.123. The van der Waals surface area contributed by atoms with E-state index in [0.717, 1.165) is 36.8 Å².